The largest absolute Gasteiger partial charge is 0.468 e. The van der Waals surface area contributed by atoms with E-state index in [0.29, 0.717) is 28.3 Å². The van der Waals surface area contributed by atoms with E-state index >= 15 is 0 Å². The first-order chi connectivity index (χ1) is 15.3. The number of hydrogen-bond acceptors (Lipinski definition) is 6. The van der Waals surface area contributed by atoms with Crippen LogP contribution in [0, 0.1) is 11.8 Å². The molecule has 1 saturated carbocycles. The molecular formula is C25H28ClNO5. The second-order valence-corrected chi connectivity index (χ2v) is 9.34. The van der Waals surface area contributed by atoms with Gasteiger partial charge in [0.05, 0.1) is 12.7 Å². The summed E-state index contributed by atoms with van der Waals surface area (Å²) >= 11 is 6.28. The lowest BCUT2D eigenvalue weighted by molar-refractivity contribution is -0.151. The number of methoxy groups -OCH3 is 1. The number of carbonyl (C=O) groups excluding carboxylic acids is 3. The number of esters is 2. The summed E-state index contributed by atoms with van der Waals surface area (Å²) < 4.78 is 10.8. The summed E-state index contributed by atoms with van der Waals surface area (Å²) in [5.41, 5.74) is 2.93. The molecule has 1 N–H and O–H groups in total. The van der Waals surface area contributed by atoms with E-state index < -0.39 is 23.8 Å². The molecule has 2 aliphatic carbocycles. The molecule has 0 aromatic heterocycles. The molecule has 1 aromatic rings. The molecule has 0 bridgehead atoms. The first-order valence-electron chi connectivity index (χ1n) is 11.1. The van der Waals surface area contributed by atoms with Crippen molar-refractivity contribution in [1.29, 1.82) is 0 Å². The number of benzene rings is 1. The van der Waals surface area contributed by atoms with E-state index in [1.165, 1.54) is 7.11 Å². The lowest BCUT2D eigenvalue weighted by atomic mass is 9.69. The van der Waals surface area contributed by atoms with E-state index in [0.717, 1.165) is 36.9 Å². The third-order valence-corrected chi connectivity index (χ3v) is 6.96. The van der Waals surface area contributed by atoms with Gasteiger partial charge < -0.3 is 14.8 Å². The van der Waals surface area contributed by atoms with Gasteiger partial charge in [0.1, 0.15) is 12.0 Å². The minimum Gasteiger partial charge on any atom is -0.468 e. The van der Waals surface area contributed by atoms with E-state index in [1.807, 2.05) is 19.9 Å². The average molecular weight is 458 g/mol. The summed E-state index contributed by atoms with van der Waals surface area (Å²) in [5.74, 6) is -3.10. The van der Waals surface area contributed by atoms with Crippen LogP contribution in [0.3, 0.4) is 0 Å². The molecular weight excluding hydrogens is 430 g/mol. The van der Waals surface area contributed by atoms with Crippen LogP contribution in [0.25, 0.3) is 0 Å². The summed E-state index contributed by atoms with van der Waals surface area (Å²) in [6.07, 6.45) is 4.17. The van der Waals surface area contributed by atoms with Crippen LogP contribution in [0.2, 0.25) is 5.02 Å². The third-order valence-electron chi connectivity index (χ3n) is 6.72. The molecule has 0 radical (unpaired) electrons. The van der Waals surface area contributed by atoms with Crippen molar-refractivity contribution in [2.75, 3.05) is 7.11 Å². The zero-order chi connectivity index (χ0) is 23.0. The molecule has 0 unspecified atom stereocenters. The maximum absolute atomic E-state index is 13.7. The standard InChI is InChI=1S/C25H28ClNO5/c1-13-11-18-22(23(28)19(13)24(29)31-3)21(15-7-6-8-16(26)12-15)20(14(2)27-18)25(30)32-17-9-4-5-10-17/h6-8,12-13,17,19,21,27H,4-5,9-11H2,1-3H3/t13-,19-,21-/m1/s1. The van der Waals surface area contributed by atoms with Gasteiger partial charge in [-0.15, -0.1) is 0 Å². The van der Waals surface area contributed by atoms with Gasteiger partial charge in [-0.3, -0.25) is 9.59 Å². The van der Waals surface area contributed by atoms with Gasteiger partial charge in [0.2, 0.25) is 0 Å². The second-order valence-electron chi connectivity index (χ2n) is 8.90. The number of nitrogens with one attached hydrogen (secondary N) is 1. The molecule has 0 saturated heterocycles. The van der Waals surface area contributed by atoms with Crippen molar-refractivity contribution in [3.8, 4) is 0 Å². The summed E-state index contributed by atoms with van der Waals surface area (Å²) in [7, 11) is 1.29. The third kappa shape index (κ3) is 4.08. The smallest absolute Gasteiger partial charge is 0.337 e. The molecule has 4 rings (SSSR count). The van der Waals surface area contributed by atoms with Crippen LogP contribution in [0.1, 0.15) is 57.4 Å². The molecule has 170 valence electrons. The van der Waals surface area contributed by atoms with E-state index in [1.54, 1.807) is 18.2 Å². The molecule has 7 heteroatoms. The molecule has 1 aromatic carbocycles. The van der Waals surface area contributed by atoms with Crippen molar-refractivity contribution in [3.05, 3.63) is 57.4 Å². The van der Waals surface area contributed by atoms with Gasteiger partial charge >= 0.3 is 11.9 Å². The number of carbonyl (C=O) groups is 3. The Hall–Kier alpha value is -2.60. The maximum Gasteiger partial charge on any atom is 0.337 e. The van der Waals surface area contributed by atoms with Crippen molar-refractivity contribution in [2.24, 2.45) is 11.8 Å². The Kier molecular flexibility index (Phi) is 6.42. The summed E-state index contributed by atoms with van der Waals surface area (Å²) in [4.78, 5) is 39.5. The van der Waals surface area contributed by atoms with Crippen molar-refractivity contribution in [3.63, 3.8) is 0 Å². The second kappa shape index (κ2) is 9.10. The normalized spacial score (nSPS) is 26.0. The lowest BCUT2D eigenvalue weighted by Crippen LogP contribution is -2.43. The van der Waals surface area contributed by atoms with Gasteiger partial charge in [-0.2, -0.15) is 0 Å². The van der Waals surface area contributed by atoms with Gasteiger partial charge in [0.25, 0.3) is 0 Å². The average Bonchev–Trinajstić information content (AvgIpc) is 3.25. The van der Waals surface area contributed by atoms with E-state index in [-0.39, 0.29) is 17.8 Å². The Balaban J connectivity index is 1.81. The van der Waals surface area contributed by atoms with Crippen LogP contribution in [0.4, 0.5) is 0 Å². The highest BCUT2D eigenvalue weighted by molar-refractivity contribution is 6.30. The van der Waals surface area contributed by atoms with Gasteiger partial charge in [-0.1, -0.05) is 30.7 Å². The van der Waals surface area contributed by atoms with Crippen LogP contribution >= 0.6 is 11.6 Å². The molecule has 0 amide bonds. The van der Waals surface area contributed by atoms with Gasteiger partial charge in [0.15, 0.2) is 5.78 Å². The fourth-order valence-corrected chi connectivity index (χ4v) is 5.39. The molecule has 1 heterocycles. The van der Waals surface area contributed by atoms with Crippen LogP contribution in [-0.4, -0.2) is 30.9 Å². The monoisotopic (exact) mass is 457 g/mol. The minimum absolute atomic E-state index is 0.108. The highest BCUT2D eigenvalue weighted by Crippen LogP contribution is 2.46. The summed E-state index contributed by atoms with van der Waals surface area (Å²) in [5, 5.41) is 3.78. The van der Waals surface area contributed by atoms with Crippen LogP contribution < -0.4 is 5.32 Å². The van der Waals surface area contributed by atoms with E-state index in [2.05, 4.69) is 5.32 Å². The van der Waals surface area contributed by atoms with Crippen molar-refractivity contribution >= 4 is 29.3 Å². The highest BCUT2D eigenvalue weighted by atomic mass is 35.5. The Morgan fingerprint density at radius 2 is 1.91 bits per heavy atom. The molecule has 3 atom stereocenters. The molecule has 3 aliphatic rings. The van der Waals surface area contributed by atoms with Crippen molar-refractivity contribution in [1.82, 2.24) is 5.32 Å². The van der Waals surface area contributed by atoms with Gasteiger partial charge in [-0.25, -0.2) is 4.79 Å². The molecule has 0 spiro atoms. The van der Waals surface area contributed by atoms with Crippen LogP contribution in [-0.2, 0) is 23.9 Å². The predicted molar refractivity (Wildman–Crippen MR) is 120 cm³/mol. The summed E-state index contributed by atoms with van der Waals surface area (Å²) in [6.45, 7) is 3.69. The molecule has 1 aliphatic heterocycles. The van der Waals surface area contributed by atoms with Crippen molar-refractivity contribution < 1.29 is 23.9 Å². The predicted octanol–water partition coefficient (Wildman–Crippen LogP) is 4.44. The lowest BCUT2D eigenvalue weighted by Gasteiger charge is -2.38. The molecule has 1 fully saturated rings. The summed E-state index contributed by atoms with van der Waals surface area (Å²) in [6, 6.07) is 7.15. The molecule has 6 nitrogen and oxygen atoms in total. The number of ether oxygens (including phenoxy) is 2. The Morgan fingerprint density at radius 3 is 2.56 bits per heavy atom. The first-order valence-corrected chi connectivity index (χ1v) is 11.5. The SMILES string of the molecule is COC(=O)[C@H]1C(=O)C2=C(C[C@H]1C)NC(C)=C(C(=O)OC1CCCC1)[C@H]2c1cccc(Cl)c1. The highest BCUT2D eigenvalue weighted by Gasteiger charge is 2.47. The van der Waals surface area contributed by atoms with E-state index in [9.17, 15) is 14.4 Å². The number of ketones is 1. The van der Waals surface area contributed by atoms with Crippen molar-refractivity contribution in [2.45, 2.75) is 58.0 Å². The number of halogens is 1. The Morgan fingerprint density at radius 1 is 1.19 bits per heavy atom. The fourth-order valence-electron chi connectivity index (χ4n) is 5.19. The fraction of sp³-hybridized carbons (Fsp3) is 0.480. The number of hydrogen-bond donors (Lipinski definition) is 1. The Labute approximate surface area is 193 Å². The van der Waals surface area contributed by atoms with E-state index in [4.69, 9.17) is 21.1 Å². The Bertz CT molecular complexity index is 1020. The quantitative estimate of drug-likeness (QED) is 0.531. The van der Waals surface area contributed by atoms with Gasteiger partial charge in [-0.05, 0) is 62.6 Å². The van der Waals surface area contributed by atoms with Crippen LogP contribution in [0.15, 0.2) is 46.8 Å². The van der Waals surface area contributed by atoms with Gasteiger partial charge in [0, 0.05) is 27.9 Å². The topological polar surface area (TPSA) is 81.7 Å². The minimum atomic E-state index is -0.909. The number of Topliss-reactive ketones (excluding diaryl/α,β-unsaturated/α-hetero) is 1. The van der Waals surface area contributed by atoms with Crippen LogP contribution in [0.5, 0.6) is 0 Å². The first kappa shape index (κ1) is 22.6. The molecule has 32 heavy (non-hydrogen) atoms. The maximum atomic E-state index is 13.7. The number of rotatable bonds is 4. The zero-order valence-corrected chi connectivity index (χ0v) is 19.3. The number of dihydropyridines is 1. The zero-order valence-electron chi connectivity index (χ0n) is 18.6. The number of allylic oxidation sites excluding steroid dienone is 3.